The van der Waals surface area contributed by atoms with Gasteiger partial charge in [0, 0.05) is 5.69 Å². The monoisotopic (exact) mass is 333 g/mol. The fourth-order valence-corrected chi connectivity index (χ4v) is 4.68. The Kier molecular flexibility index (Phi) is 4.53. The first kappa shape index (κ1) is 17.8. The number of hydrogen-bond acceptors (Lipinski definition) is 1. The first-order valence-corrected chi connectivity index (χ1v) is 9.33. The van der Waals surface area contributed by atoms with E-state index >= 15 is 0 Å². The van der Waals surface area contributed by atoms with E-state index < -0.39 is 0 Å². The third-order valence-electron chi connectivity index (χ3n) is 5.40. The molecule has 0 saturated heterocycles. The van der Waals surface area contributed by atoms with Crippen LogP contribution in [0.25, 0.3) is 6.08 Å². The molecule has 1 atom stereocenters. The molecule has 0 heterocycles. The van der Waals surface area contributed by atoms with Gasteiger partial charge in [0.25, 0.3) is 0 Å². The highest BCUT2D eigenvalue weighted by atomic mass is 15.0. The molecule has 132 valence electrons. The minimum absolute atomic E-state index is 0.0853. The number of benzene rings is 2. The normalized spacial score (nSPS) is 20.2. The van der Waals surface area contributed by atoms with Crippen LogP contribution >= 0.6 is 0 Å². The molecular weight excluding hydrogens is 302 g/mol. The molecule has 2 aromatic carbocycles. The van der Waals surface area contributed by atoms with E-state index in [9.17, 15) is 0 Å². The summed E-state index contributed by atoms with van der Waals surface area (Å²) < 4.78 is 0. The molecule has 0 amide bonds. The van der Waals surface area contributed by atoms with Gasteiger partial charge in [-0.3, -0.25) is 0 Å². The van der Waals surface area contributed by atoms with Crippen molar-refractivity contribution in [1.82, 2.24) is 0 Å². The molecular formula is C24H31N. The minimum atomic E-state index is -0.118. The summed E-state index contributed by atoms with van der Waals surface area (Å²) in [6.45, 7) is 11.9. The summed E-state index contributed by atoms with van der Waals surface area (Å²) in [6.07, 6.45) is 6.75. The molecule has 1 aliphatic carbocycles. The maximum Gasteiger partial charge on any atom is 0.0716 e. The van der Waals surface area contributed by atoms with E-state index in [1.807, 2.05) is 0 Å². The van der Waals surface area contributed by atoms with E-state index in [1.165, 1.54) is 16.8 Å². The maximum atomic E-state index is 3.96. The van der Waals surface area contributed by atoms with Crippen molar-refractivity contribution in [1.29, 1.82) is 0 Å². The van der Waals surface area contributed by atoms with E-state index in [1.54, 1.807) is 0 Å². The topological polar surface area (TPSA) is 12.0 Å². The Labute approximate surface area is 153 Å². The molecule has 1 aliphatic rings. The highest BCUT2D eigenvalue weighted by Crippen LogP contribution is 2.53. The molecule has 0 radical (unpaired) electrons. The first-order valence-electron chi connectivity index (χ1n) is 9.33. The second-order valence-electron chi connectivity index (χ2n) is 9.21. The van der Waals surface area contributed by atoms with Crippen LogP contribution in [0.4, 0.5) is 5.69 Å². The Hall–Kier alpha value is -2.02. The van der Waals surface area contributed by atoms with Gasteiger partial charge in [0.2, 0.25) is 0 Å². The van der Waals surface area contributed by atoms with Crippen LogP contribution in [0.3, 0.4) is 0 Å². The first-order chi connectivity index (χ1) is 11.7. The van der Waals surface area contributed by atoms with Gasteiger partial charge < -0.3 is 5.32 Å². The predicted molar refractivity (Wildman–Crippen MR) is 110 cm³/mol. The van der Waals surface area contributed by atoms with Gasteiger partial charge in [0.15, 0.2) is 0 Å². The lowest BCUT2D eigenvalue weighted by molar-refractivity contribution is 0.114. The van der Waals surface area contributed by atoms with Crippen molar-refractivity contribution in [3.8, 4) is 0 Å². The number of hydrogen-bond donors (Lipinski definition) is 1. The Balaban J connectivity index is 2.14. The highest BCUT2D eigenvalue weighted by Gasteiger charge is 2.48. The van der Waals surface area contributed by atoms with E-state index in [-0.39, 0.29) is 16.4 Å². The zero-order chi connectivity index (χ0) is 18.1. The molecule has 0 saturated carbocycles. The predicted octanol–water partition coefficient (Wildman–Crippen LogP) is 6.87. The second kappa shape index (κ2) is 6.37. The zero-order valence-electron chi connectivity index (χ0n) is 16.3. The van der Waals surface area contributed by atoms with E-state index in [4.69, 9.17) is 0 Å². The maximum absolute atomic E-state index is 3.96. The van der Waals surface area contributed by atoms with E-state index in [0.29, 0.717) is 0 Å². The smallest absolute Gasteiger partial charge is 0.0716 e. The van der Waals surface area contributed by atoms with Gasteiger partial charge in [-0.2, -0.15) is 0 Å². The van der Waals surface area contributed by atoms with Gasteiger partial charge in [-0.15, -0.1) is 0 Å². The average Bonchev–Trinajstić information content (AvgIpc) is 2.54. The molecule has 0 bridgehead atoms. The Morgan fingerprint density at radius 1 is 0.880 bits per heavy atom. The van der Waals surface area contributed by atoms with Gasteiger partial charge in [0.05, 0.1) is 5.54 Å². The summed E-state index contributed by atoms with van der Waals surface area (Å²) >= 11 is 0. The molecule has 1 nitrogen and oxygen atoms in total. The van der Waals surface area contributed by atoms with Gasteiger partial charge >= 0.3 is 0 Å². The lowest BCUT2D eigenvalue weighted by Crippen LogP contribution is -2.50. The average molecular weight is 334 g/mol. The fourth-order valence-electron chi connectivity index (χ4n) is 4.68. The number of anilines is 1. The molecule has 1 heteroatoms. The summed E-state index contributed by atoms with van der Waals surface area (Å²) in [7, 11) is 0. The van der Waals surface area contributed by atoms with Gasteiger partial charge in [-0.25, -0.2) is 0 Å². The molecule has 3 rings (SSSR count). The van der Waals surface area contributed by atoms with Crippen LogP contribution in [0.15, 0.2) is 60.7 Å². The molecule has 0 aliphatic heterocycles. The fraction of sp³-hybridized carbons (Fsp3) is 0.417. The van der Waals surface area contributed by atoms with Crippen molar-refractivity contribution in [2.45, 2.75) is 53.0 Å². The van der Waals surface area contributed by atoms with Gasteiger partial charge in [-0.05, 0) is 46.9 Å². The molecule has 1 unspecified atom stereocenters. The summed E-state index contributed by atoms with van der Waals surface area (Å²) in [5, 5.41) is 3.96. The van der Waals surface area contributed by atoms with E-state index in [2.05, 4.69) is 107 Å². The van der Waals surface area contributed by atoms with Crippen molar-refractivity contribution in [3.63, 3.8) is 0 Å². The molecule has 0 fully saturated rings. The zero-order valence-corrected chi connectivity index (χ0v) is 16.3. The Morgan fingerprint density at radius 3 is 2.20 bits per heavy atom. The van der Waals surface area contributed by atoms with Gasteiger partial charge in [0.1, 0.15) is 0 Å². The van der Waals surface area contributed by atoms with Crippen molar-refractivity contribution in [3.05, 3.63) is 71.8 Å². The van der Waals surface area contributed by atoms with Gasteiger partial charge in [-0.1, -0.05) is 89.2 Å². The molecule has 2 aromatic rings. The standard InChI is InChI=1S/C24H31N/c1-22(2,3)18-23(4,5)24(25-20-14-7-6-8-15-20)17-11-13-19-12-9-10-16-21(19)24/h6-16,25H,17-18H2,1-5H3. The highest BCUT2D eigenvalue weighted by molar-refractivity contribution is 5.63. The van der Waals surface area contributed by atoms with Crippen LogP contribution in [0.1, 0.15) is 58.6 Å². The summed E-state index contributed by atoms with van der Waals surface area (Å²) in [4.78, 5) is 0. The third kappa shape index (κ3) is 3.51. The van der Waals surface area contributed by atoms with Crippen LogP contribution in [-0.2, 0) is 5.54 Å². The number of nitrogens with one attached hydrogen (secondary N) is 1. The summed E-state index contributed by atoms with van der Waals surface area (Å²) in [5.74, 6) is 0. The van der Waals surface area contributed by atoms with Crippen LogP contribution in [0, 0.1) is 10.8 Å². The van der Waals surface area contributed by atoms with Crippen molar-refractivity contribution in [2.24, 2.45) is 10.8 Å². The van der Waals surface area contributed by atoms with Crippen molar-refractivity contribution < 1.29 is 0 Å². The molecule has 25 heavy (non-hydrogen) atoms. The van der Waals surface area contributed by atoms with E-state index in [0.717, 1.165) is 12.8 Å². The quantitative estimate of drug-likeness (QED) is 0.643. The lowest BCUT2D eigenvalue weighted by atomic mass is 9.59. The number of para-hydroxylation sites is 1. The summed E-state index contributed by atoms with van der Waals surface area (Å²) in [5.41, 5.74) is 4.17. The Morgan fingerprint density at radius 2 is 1.52 bits per heavy atom. The largest absolute Gasteiger partial charge is 0.375 e. The molecule has 0 spiro atoms. The lowest BCUT2D eigenvalue weighted by Gasteiger charge is -2.52. The number of fused-ring (bicyclic) bond motifs is 1. The summed E-state index contributed by atoms with van der Waals surface area (Å²) in [6, 6.07) is 19.5. The SMILES string of the molecule is CC(C)(C)CC(C)(C)C1(Nc2ccccc2)CC=Cc2ccccc21. The Bertz CT molecular complexity index is 749. The number of rotatable bonds is 4. The molecule has 1 N–H and O–H groups in total. The minimum Gasteiger partial charge on any atom is -0.375 e. The van der Waals surface area contributed by atoms with Crippen LogP contribution in [0.2, 0.25) is 0 Å². The van der Waals surface area contributed by atoms with Crippen molar-refractivity contribution in [2.75, 3.05) is 5.32 Å². The third-order valence-corrected chi connectivity index (χ3v) is 5.40. The van der Waals surface area contributed by atoms with Crippen LogP contribution < -0.4 is 5.32 Å². The second-order valence-corrected chi connectivity index (χ2v) is 9.21. The van der Waals surface area contributed by atoms with Crippen LogP contribution in [-0.4, -0.2) is 0 Å². The van der Waals surface area contributed by atoms with Crippen LogP contribution in [0.5, 0.6) is 0 Å². The molecule has 0 aromatic heterocycles. The van der Waals surface area contributed by atoms with Crippen molar-refractivity contribution >= 4 is 11.8 Å².